The first-order chi connectivity index (χ1) is 6.24. The van der Waals surface area contributed by atoms with Crippen molar-refractivity contribution in [2.45, 2.75) is 0 Å². The highest BCUT2D eigenvalue weighted by Crippen LogP contribution is 2.32. The molecular weight excluding hydrogens is 318 g/mol. The molecule has 0 N–H and O–H groups in total. The van der Waals surface area contributed by atoms with E-state index in [1.807, 2.05) is 6.07 Å². The monoisotopic (exact) mass is 317 g/mol. The van der Waals surface area contributed by atoms with Gasteiger partial charge in [-0.25, -0.2) is 0 Å². The van der Waals surface area contributed by atoms with Crippen molar-refractivity contribution in [1.29, 1.82) is 5.26 Å². The average Bonchev–Trinajstić information content (AvgIpc) is 2.53. The van der Waals surface area contributed by atoms with E-state index < -0.39 is 0 Å². The molecule has 0 aliphatic heterocycles. The van der Waals surface area contributed by atoms with Crippen LogP contribution in [-0.4, -0.2) is 9.59 Å². The number of rotatable bonds is 0. The van der Waals surface area contributed by atoms with Crippen molar-refractivity contribution in [3.05, 3.63) is 20.6 Å². The fourth-order valence-corrected chi connectivity index (χ4v) is 3.26. The van der Waals surface area contributed by atoms with Gasteiger partial charge in [-0.05, 0) is 49.5 Å². The number of fused-ring (bicyclic) bond motifs is 1. The zero-order valence-electron chi connectivity index (χ0n) is 6.08. The molecule has 0 saturated carbocycles. The Morgan fingerprint density at radius 1 is 1.38 bits per heavy atom. The Balaban J connectivity index is 2.99. The van der Waals surface area contributed by atoms with E-state index in [4.69, 9.17) is 5.26 Å². The second-order valence-corrected chi connectivity index (χ2v) is 4.74. The zero-order valence-corrected chi connectivity index (χ0v) is 10.1. The third-order valence-electron chi connectivity index (χ3n) is 1.55. The number of nitriles is 1. The van der Waals surface area contributed by atoms with Gasteiger partial charge >= 0.3 is 0 Å². The van der Waals surface area contributed by atoms with Crippen molar-refractivity contribution in [1.82, 2.24) is 9.59 Å². The van der Waals surface area contributed by atoms with Crippen LogP contribution in [-0.2, 0) is 0 Å². The molecule has 64 valence electrons. The Kier molecular flexibility index (Phi) is 2.32. The summed E-state index contributed by atoms with van der Waals surface area (Å²) in [5, 5.41) is 12.8. The molecule has 6 heteroatoms. The molecule has 0 spiro atoms. The van der Waals surface area contributed by atoms with Crippen LogP contribution < -0.4 is 0 Å². The van der Waals surface area contributed by atoms with Gasteiger partial charge in [0, 0.05) is 8.95 Å². The van der Waals surface area contributed by atoms with Crippen LogP contribution in [0, 0.1) is 11.3 Å². The molecule has 0 amide bonds. The number of hydrogen-bond acceptors (Lipinski definition) is 4. The lowest BCUT2D eigenvalue weighted by Crippen LogP contribution is -1.80. The fourth-order valence-electron chi connectivity index (χ4n) is 0.975. The van der Waals surface area contributed by atoms with E-state index >= 15 is 0 Å². The summed E-state index contributed by atoms with van der Waals surface area (Å²) in [5.41, 5.74) is 1.33. The number of hydrogen-bond donors (Lipinski definition) is 0. The fraction of sp³-hybridized carbons (Fsp3) is 0. The molecule has 1 aromatic carbocycles. The molecule has 0 aliphatic carbocycles. The first kappa shape index (κ1) is 9.06. The molecule has 0 radical (unpaired) electrons. The second kappa shape index (κ2) is 3.33. The van der Waals surface area contributed by atoms with E-state index in [9.17, 15) is 0 Å². The van der Waals surface area contributed by atoms with E-state index in [2.05, 4.69) is 47.5 Å². The number of halogens is 2. The highest BCUT2D eigenvalue weighted by Gasteiger charge is 2.12. The lowest BCUT2D eigenvalue weighted by molar-refractivity contribution is 1.19. The minimum absolute atomic E-state index is 0.591. The van der Waals surface area contributed by atoms with Crippen molar-refractivity contribution < 1.29 is 0 Å². The quantitative estimate of drug-likeness (QED) is 0.750. The summed E-state index contributed by atoms with van der Waals surface area (Å²) in [7, 11) is 0. The third-order valence-corrected chi connectivity index (χ3v) is 3.52. The van der Waals surface area contributed by atoms with Crippen LogP contribution in [0.5, 0.6) is 0 Å². The lowest BCUT2D eigenvalue weighted by Gasteiger charge is -1.96. The van der Waals surface area contributed by atoms with Crippen LogP contribution in [0.4, 0.5) is 0 Å². The van der Waals surface area contributed by atoms with E-state index in [1.165, 1.54) is 11.5 Å². The van der Waals surface area contributed by atoms with Crippen LogP contribution >= 0.6 is 43.4 Å². The predicted molar refractivity (Wildman–Crippen MR) is 57.5 cm³/mol. The van der Waals surface area contributed by atoms with Gasteiger partial charge in [0.15, 0.2) is 0 Å². The number of benzene rings is 1. The lowest BCUT2D eigenvalue weighted by atomic mass is 10.2. The Morgan fingerprint density at radius 2 is 2.15 bits per heavy atom. The number of nitrogens with zero attached hydrogens (tertiary/aromatic N) is 3. The van der Waals surface area contributed by atoms with Gasteiger partial charge in [-0.3, -0.25) is 0 Å². The summed E-state index contributed by atoms with van der Waals surface area (Å²) in [6.07, 6.45) is 0. The van der Waals surface area contributed by atoms with Gasteiger partial charge in [0.05, 0.1) is 10.3 Å². The van der Waals surface area contributed by atoms with Gasteiger partial charge < -0.3 is 0 Å². The molecular formula is C7HBr2N3S. The van der Waals surface area contributed by atoms with Crippen molar-refractivity contribution in [2.75, 3.05) is 0 Å². The molecule has 0 unspecified atom stereocenters. The van der Waals surface area contributed by atoms with Gasteiger partial charge in [0.25, 0.3) is 0 Å². The van der Waals surface area contributed by atoms with E-state index in [0.717, 1.165) is 19.2 Å². The molecule has 0 saturated heterocycles. The minimum Gasteiger partial charge on any atom is -0.192 e. The van der Waals surface area contributed by atoms with E-state index in [-0.39, 0.29) is 0 Å². The van der Waals surface area contributed by atoms with Gasteiger partial charge in [-0.1, -0.05) is 4.49 Å². The predicted octanol–water partition coefficient (Wildman–Crippen LogP) is 3.09. The summed E-state index contributed by atoms with van der Waals surface area (Å²) in [5.74, 6) is 0. The van der Waals surface area contributed by atoms with Crippen LogP contribution in [0.15, 0.2) is 15.0 Å². The largest absolute Gasteiger partial charge is 0.192 e. The maximum absolute atomic E-state index is 8.88. The molecule has 13 heavy (non-hydrogen) atoms. The van der Waals surface area contributed by atoms with Crippen LogP contribution in [0.1, 0.15) is 5.56 Å². The molecule has 0 atom stereocenters. The standard InChI is InChI=1S/C7HBr2N3S/c8-4-1-5(9)6-7(3(4)2-10)13-12-11-6/h1H. The van der Waals surface area contributed by atoms with Gasteiger partial charge in [-0.2, -0.15) is 5.26 Å². The summed E-state index contributed by atoms with van der Waals surface area (Å²) >= 11 is 7.89. The second-order valence-electron chi connectivity index (χ2n) is 2.28. The first-order valence-electron chi connectivity index (χ1n) is 3.24. The Labute approximate surface area is 94.8 Å². The highest BCUT2D eigenvalue weighted by atomic mass is 79.9. The first-order valence-corrected chi connectivity index (χ1v) is 5.60. The summed E-state index contributed by atoms with van der Waals surface area (Å²) < 4.78 is 6.22. The highest BCUT2D eigenvalue weighted by molar-refractivity contribution is 9.11. The maximum Gasteiger partial charge on any atom is 0.121 e. The average molecular weight is 319 g/mol. The SMILES string of the molecule is N#Cc1c(Br)cc(Br)c2nnsc12. The smallest absolute Gasteiger partial charge is 0.121 e. The Bertz CT molecular complexity index is 514. The van der Waals surface area contributed by atoms with Crippen LogP contribution in [0.3, 0.4) is 0 Å². The van der Waals surface area contributed by atoms with Gasteiger partial charge in [-0.15, -0.1) is 5.10 Å². The Morgan fingerprint density at radius 3 is 2.85 bits per heavy atom. The van der Waals surface area contributed by atoms with Gasteiger partial charge in [0.2, 0.25) is 0 Å². The summed E-state index contributed by atoms with van der Waals surface area (Å²) in [6.45, 7) is 0. The van der Waals surface area contributed by atoms with Crippen LogP contribution in [0.25, 0.3) is 10.2 Å². The molecule has 1 aromatic heterocycles. The third kappa shape index (κ3) is 1.37. The molecule has 2 rings (SSSR count). The van der Waals surface area contributed by atoms with E-state index in [1.54, 1.807) is 0 Å². The molecule has 0 fully saturated rings. The van der Waals surface area contributed by atoms with Crippen molar-refractivity contribution in [2.24, 2.45) is 0 Å². The molecule has 0 aliphatic rings. The molecule has 3 nitrogen and oxygen atoms in total. The minimum atomic E-state index is 0.591. The van der Waals surface area contributed by atoms with Crippen molar-refractivity contribution in [3.8, 4) is 6.07 Å². The van der Waals surface area contributed by atoms with Crippen LogP contribution in [0.2, 0.25) is 0 Å². The summed E-state index contributed by atoms with van der Waals surface area (Å²) in [6, 6.07) is 3.92. The normalized spacial score (nSPS) is 10.2. The molecule has 1 heterocycles. The zero-order chi connectivity index (χ0) is 9.42. The maximum atomic E-state index is 8.88. The van der Waals surface area contributed by atoms with Crippen molar-refractivity contribution in [3.63, 3.8) is 0 Å². The van der Waals surface area contributed by atoms with E-state index in [0.29, 0.717) is 5.56 Å². The Hall–Kier alpha value is -0.510. The topological polar surface area (TPSA) is 49.6 Å². The molecule has 2 aromatic rings. The summed E-state index contributed by atoms with van der Waals surface area (Å²) in [4.78, 5) is 0. The van der Waals surface area contributed by atoms with Gasteiger partial charge in [0.1, 0.15) is 11.6 Å². The van der Waals surface area contributed by atoms with Crippen molar-refractivity contribution >= 4 is 53.6 Å². The molecule has 0 bridgehead atoms. The number of aromatic nitrogens is 2.